The lowest BCUT2D eigenvalue weighted by Gasteiger charge is -1.96. The summed E-state index contributed by atoms with van der Waals surface area (Å²) in [5.41, 5.74) is 0.516. The van der Waals surface area contributed by atoms with Gasteiger partial charge in [0.25, 0.3) is 5.22 Å². The minimum atomic E-state index is -2.28. The first kappa shape index (κ1) is 15.6. The van der Waals surface area contributed by atoms with Crippen LogP contribution in [0.4, 0.5) is 13.2 Å². The number of hydrogen-bond acceptors (Lipinski definition) is 5. The van der Waals surface area contributed by atoms with Crippen LogP contribution in [0, 0.1) is 0 Å². The molecule has 0 radical (unpaired) electrons. The summed E-state index contributed by atoms with van der Waals surface area (Å²) in [7, 11) is 0. The third-order valence-corrected chi connectivity index (χ3v) is 2.77. The Balaban J connectivity index is 2.49. The number of oxime groups is 1. The van der Waals surface area contributed by atoms with Crippen molar-refractivity contribution in [1.82, 2.24) is 4.98 Å². The van der Waals surface area contributed by atoms with Crippen molar-refractivity contribution in [3.8, 4) is 0 Å². The van der Waals surface area contributed by atoms with Crippen LogP contribution in [0.2, 0.25) is 0 Å². The fraction of sp³-hybridized carbons (Fsp3) is 0.455. The largest absolute Gasteiger partial charge is 0.430 e. The van der Waals surface area contributed by atoms with Crippen LogP contribution in [0.25, 0.3) is 0 Å². The van der Waals surface area contributed by atoms with E-state index in [0.717, 1.165) is 11.8 Å². The molecule has 0 unspecified atom stereocenters. The smallest absolute Gasteiger partial charge is 0.301 e. The van der Waals surface area contributed by atoms with Crippen LogP contribution in [0.5, 0.6) is 0 Å². The van der Waals surface area contributed by atoms with E-state index in [4.69, 9.17) is 9.25 Å². The SMILES string of the molecule is CCO/N=C(/C)c1cnc(SCCC(F)=C(F)F)o1. The van der Waals surface area contributed by atoms with Crippen molar-refractivity contribution in [3.05, 3.63) is 23.9 Å². The van der Waals surface area contributed by atoms with Crippen molar-refractivity contribution in [2.75, 3.05) is 12.4 Å². The summed E-state index contributed by atoms with van der Waals surface area (Å²) < 4.78 is 41.4. The zero-order valence-corrected chi connectivity index (χ0v) is 11.3. The molecule has 0 aromatic carbocycles. The van der Waals surface area contributed by atoms with Gasteiger partial charge < -0.3 is 9.25 Å². The first-order valence-electron chi connectivity index (χ1n) is 5.49. The van der Waals surface area contributed by atoms with Gasteiger partial charge in [-0.05, 0) is 13.8 Å². The van der Waals surface area contributed by atoms with Gasteiger partial charge >= 0.3 is 6.08 Å². The van der Waals surface area contributed by atoms with Crippen LogP contribution in [0.1, 0.15) is 26.0 Å². The van der Waals surface area contributed by atoms with Gasteiger partial charge in [0.15, 0.2) is 11.6 Å². The second-order valence-corrected chi connectivity index (χ2v) is 4.39. The highest BCUT2D eigenvalue weighted by molar-refractivity contribution is 7.99. The highest BCUT2D eigenvalue weighted by Crippen LogP contribution is 2.22. The molecular weight excluding hydrogens is 281 g/mol. The van der Waals surface area contributed by atoms with Gasteiger partial charge in [0.05, 0.1) is 6.20 Å². The van der Waals surface area contributed by atoms with Crippen molar-refractivity contribution in [2.45, 2.75) is 25.5 Å². The van der Waals surface area contributed by atoms with Gasteiger partial charge in [-0.1, -0.05) is 16.9 Å². The lowest BCUT2D eigenvalue weighted by atomic mass is 10.4. The Kier molecular flexibility index (Phi) is 6.48. The fourth-order valence-corrected chi connectivity index (χ4v) is 1.75. The standard InChI is InChI=1S/C11H13F3N2O2S/c1-3-17-16-7(2)9-6-15-11(18-9)19-5-4-8(12)10(13)14/h6H,3-5H2,1-2H3/b16-7-. The maximum absolute atomic E-state index is 12.5. The Bertz CT molecular complexity index is 470. The molecule has 1 aromatic rings. The predicted molar refractivity (Wildman–Crippen MR) is 66.0 cm³/mol. The van der Waals surface area contributed by atoms with Crippen molar-refractivity contribution < 1.29 is 22.4 Å². The molecular formula is C11H13F3N2O2S. The van der Waals surface area contributed by atoms with E-state index in [1.807, 2.05) is 0 Å². The van der Waals surface area contributed by atoms with E-state index in [2.05, 4.69) is 10.1 Å². The predicted octanol–water partition coefficient (Wildman–Crippen LogP) is 3.99. The number of thioether (sulfide) groups is 1. The maximum Gasteiger partial charge on any atom is 0.301 e. The average molecular weight is 294 g/mol. The van der Waals surface area contributed by atoms with E-state index in [1.54, 1.807) is 13.8 Å². The Labute approximate surface area is 112 Å². The van der Waals surface area contributed by atoms with Gasteiger partial charge in [0.2, 0.25) is 0 Å². The second kappa shape index (κ2) is 7.88. The van der Waals surface area contributed by atoms with Crippen molar-refractivity contribution in [2.24, 2.45) is 5.16 Å². The van der Waals surface area contributed by atoms with Crippen LogP contribution in [0.3, 0.4) is 0 Å². The molecule has 0 bridgehead atoms. The molecule has 4 nitrogen and oxygen atoms in total. The van der Waals surface area contributed by atoms with E-state index in [1.165, 1.54) is 6.20 Å². The summed E-state index contributed by atoms with van der Waals surface area (Å²) in [6, 6.07) is 0. The summed E-state index contributed by atoms with van der Waals surface area (Å²) in [4.78, 5) is 8.77. The van der Waals surface area contributed by atoms with Crippen molar-refractivity contribution in [3.63, 3.8) is 0 Å². The van der Waals surface area contributed by atoms with Crippen molar-refractivity contribution in [1.29, 1.82) is 0 Å². The second-order valence-electron chi connectivity index (χ2n) is 3.35. The summed E-state index contributed by atoms with van der Waals surface area (Å²) in [5.74, 6) is -0.873. The normalized spacial score (nSPS) is 11.5. The van der Waals surface area contributed by atoms with Crippen LogP contribution >= 0.6 is 11.8 Å². The quantitative estimate of drug-likeness (QED) is 0.433. The molecule has 0 aliphatic rings. The third kappa shape index (κ3) is 5.37. The number of oxazole rings is 1. The number of halogens is 3. The number of rotatable bonds is 7. The summed E-state index contributed by atoms with van der Waals surface area (Å²) in [5, 5.41) is 4.04. The minimum Gasteiger partial charge on any atom is -0.430 e. The Morgan fingerprint density at radius 3 is 2.84 bits per heavy atom. The van der Waals surface area contributed by atoms with Gasteiger partial charge in [-0.15, -0.1) is 0 Å². The fourth-order valence-electron chi connectivity index (χ4n) is 1.02. The molecule has 0 saturated heterocycles. The zero-order valence-electron chi connectivity index (χ0n) is 10.5. The van der Waals surface area contributed by atoms with Crippen LogP contribution in [-0.2, 0) is 4.84 Å². The van der Waals surface area contributed by atoms with Gasteiger partial charge in [-0.25, -0.2) is 9.37 Å². The monoisotopic (exact) mass is 294 g/mol. The Hall–Kier alpha value is -1.44. The van der Waals surface area contributed by atoms with E-state index < -0.39 is 11.9 Å². The van der Waals surface area contributed by atoms with Gasteiger partial charge in [0.1, 0.15) is 12.3 Å². The Morgan fingerprint density at radius 2 is 2.21 bits per heavy atom. The molecule has 0 N–H and O–H groups in total. The molecule has 106 valence electrons. The maximum atomic E-state index is 12.5. The Morgan fingerprint density at radius 1 is 1.47 bits per heavy atom. The zero-order chi connectivity index (χ0) is 14.3. The van der Waals surface area contributed by atoms with E-state index in [-0.39, 0.29) is 17.4 Å². The first-order valence-corrected chi connectivity index (χ1v) is 6.48. The summed E-state index contributed by atoms with van der Waals surface area (Å²) in [6.07, 6.45) is -1.20. The van der Waals surface area contributed by atoms with E-state index in [9.17, 15) is 13.2 Å². The molecule has 0 spiro atoms. The molecule has 8 heteroatoms. The summed E-state index contributed by atoms with van der Waals surface area (Å²) in [6.45, 7) is 3.92. The van der Waals surface area contributed by atoms with Crippen LogP contribution in [0.15, 0.2) is 32.9 Å². The number of aromatic nitrogens is 1. The van der Waals surface area contributed by atoms with E-state index in [0.29, 0.717) is 18.1 Å². The van der Waals surface area contributed by atoms with Gasteiger partial charge in [-0.3, -0.25) is 0 Å². The molecule has 19 heavy (non-hydrogen) atoms. The van der Waals surface area contributed by atoms with Crippen LogP contribution < -0.4 is 0 Å². The van der Waals surface area contributed by atoms with Crippen molar-refractivity contribution >= 4 is 17.5 Å². The highest BCUT2D eigenvalue weighted by Gasteiger charge is 2.10. The number of hydrogen-bond donors (Lipinski definition) is 0. The molecule has 1 rings (SSSR count). The van der Waals surface area contributed by atoms with Gasteiger partial charge in [0, 0.05) is 12.2 Å². The molecule has 1 heterocycles. The van der Waals surface area contributed by atoms with Crippen LogP contribution in [-0.4, -0.2) is 23.1 Å². The lowest BCUT2D eigenvalue weighted by Crippen LogP contribution is -1.93. The van der Waals surface area contributed by atoms with E-state index >= 15 is 0 Å². The van der Waals surface area contributed by atoms with Gasteiger partial charge in [-0.2, -0.15) is 8.78 Å². The number of nitrogens with zero attached hydrogens (tertiary/aromatic N) is 2. The topological polar surface area (TPSA) is 47.6 Å². The molecule has 0 aliphatic carbocycles. The lowest BCUT2D eigenvalue weighted by molar-refractivity contribution is 0.158. The molecule has 0 amide bonds. The minimum absolute atomic E-state index is 0.116. The molecule has 0 fully saturated rings. The number of allylic oxidation sites excluding steroid dienone is 1. The first-order chi connectivity index (χ1) is 9.04. The molecule has 0 atom stereocenters. The average Bonchev–Trinajstić information content (AvgIpc) is 2.84. The highest BCUT2D eigenvalue weighted by atomic mass is 32.2. The summed E-state index contributed by atoms with van der Waals surface area (Å²) >= 11 is 1.05. The molecule has 0 saturated carbocycles. The third-order valence-electron chi connectivity index (χ3n) is 1.92. The molecule has 1 aromatic heterocycles. The molecule has 0 aliphatic heterocycles.